The molecule has 2 aromatic rings. The van der Waals surface area contributed by atoms with E-state index in [1.165, 1.54) is 20.3 Å². The Hall–Kier alpha value is -1.82. The first kappa shape index (κ1) is 17.5. The van der Waals surface area contributed by atoms with Gasteiger partial charge in [-0.15, -0.1) is 0 Å². The maximum atomic E-state index is 12.1. The van der Waals surface area contributed by atoms with Gasteiger partial charge in [0.1, 0.15) is 11.5 Å². The Labute approximate surface area is 148 Å². The first-order chi connectivity index (χ1) is 10.9. The highest BCUT2D eigenvalue weighted by Crippen LogP contribution is 2.36. The molecule has 2 rings (SSSR count). The van der Waals surface area contributed by atoms with Gasteiger partial charge in [-0.1, -0.05) is 34.8 Å². The third-order valence-corrected chi connectivity index (χ3v) is 3.74. The van der Waals surface area contributed by atoms with Crippen LogP contribution in [0.4, 0.5) is 16.2 Å². The zero-order chi connectivity index (χ0) is 17.0. The molecular formula is C15H13Cl3N2O3. The summed E-state index contributed by atoms with van der Waals surface area (Å²) in [5.74, 6) is 0.806. The monoisotopic (exact) mass is 374 g/mol. The van der Waals surface area contributed by atoms with Gasteiger partial charge in [0.25, 0.3) is 0 Å². The molecule has 0 unspecified atom stereocenters. The molecule has 0 aliphatic heterocycles. The van der Waals surface area contributed by atoms with E-state index in [0.717, 1.165) is 0 Å². The van der Waals surface area contributed by atoms with E-state index in [4.69, 9.17) is 44.3 Å². The minimum Gasteiger partial charge on any atom is -0.495 e. The van der Waals surface area contributed by atoms with Crippen molar-refractivity contribution in [1.29, 1.82) is 0 Å². The lowest BCUT2D eigenvalue weighted by Gasteiger charge is -2.14. The Balaban J connectivity index is 2.19. The van der Waals surface area contributed by atoms with Crippen molar-refractivity contribution in [3.05, 3.63) is 45.4 Å². The van der Waals surface area contributed by atoms with Crippen LogP contribution in [0.5, 0.6) is 11.5 Å². The van der Waals surface area contributed by atoms with Crippen molar-refractivity contribution in [3.8, 4) is 11.5 Å². The largest absolute Gasteiger partial charge is 0.495 e. The number of halogens is 3. The van der Waals surface area contributed by atoms with E-state index in [1.54, 1.807) is 24.3 Å². The number of benzene rings is 2. The molecule has 0 bridgehead atoms. The zero-order valence-electron chi connectivity index (χ0n) is 12.2. The van der Waals surface area contributed by atoms with E-state index < -0.39 is 6.03 Å². The molecule has 8 heteroatoms. The second-order valence-electron chi connectivity index (χ2n) is 4.39. The third-order valence-electron chi connectivity index (χ3n) is 2.90. The standard InChI is InChI=1S/C15H13Cl3N2O3/c1-22-13-7-12(14(23-2)6-10(13)18)20-15(21)19-11-4-3-8(16)5-9(11)17/h3-7H,1-2H3,(H2,19,20,21). The molecule has 2 aromatic carbocycles. The maximum Gasteiger partial charge on any atom is 0.323 e. The van der Waals surface area contributed by atoms with Crippen LogP contribution in [0.3, 0.4) is 0 Å². The molecule has 0 radical (unpaired) electrons. The molecule has 5 nitrogen and oxygen atoms in total. The molecule has 2 N–H and O–H groups in total. The van der Waals surface area contributed by atoms with Crippen LogP contribution in [-0.4, -0.2) is 20.3 Å². The molecule has 0 fully saturated rings. The highest BCUT2D eigenvalue weighted by atomic mass is 35.5. The van der Waals surface area contributed by atoms with Gasteiger partial charge >= 0.3 is 6.03 Å². The fourth-order valence-corrected chi connectivity index (χ4v) is 2.51. The molecule has 2 amide bonds. The van der Waals surface area contributed by atoms with Crippen molar-refractivity contribution in [3.63, 3.8) is 0 Å². The Morgan fingerprint density at radius 3 is 2.13 bits per heavy atom. The second kappa shape index (κ2) is 7.64. The number of anilines is 2. The molecule has 0 heterocycles. The van der Waals surface area contributed by atoms with Gasteiger partial charge in [0.15, 0.2) is 0 Å². The van der Waals surface area contributed by atoms with Crippen LogP contribution in [-0.2, 0) is 0 Å². The van der Waals surface area contributed by atoms with Crippen molar-refractivity contribution in [2.75, 3.05) is 24.9 Å². The average molecular weight is 376 g/mol. The van der Waals surface area contributed by atoms with Crippen LogP contribution < -0.4 is 20.1 Å². The molecule has 0 aliphatic carbocycles. The van der Waals surface area contributed by atoms with E-state index in [2.05, 4.69) is 10.6 Å². The van der Waals surface area contributed by atoms with Crippen molar-refractivity contribution in [2.45, 2.75) is 0 Å². The summed E-state index contributed by atoms with van der Waals surface area (Å²) in [5.41, 5.74) is 0.824. The lowest BCUT2D eigenvalue weighted by molar-refractivity contribution is 0.262. The van der Waals surface area contributed by atoms with E-state index in [9.17, 15) is 4.79 Å². The van der Waals surface area contributed by atoms with Gasteiger partial charge in [0.2, 0.25) is 0 Å². The van der Waals surface area contributed by atoms with Crippen molar-refractivity contribution < 1.29 is 14.3 Å². The van der Waals surface area contributed by atoms with Gasteiger partial charge in [-0.05, 0) is 18.2 Å². The number of amides is 2. The van der Waals surface area contributed by atoms with E-state index >= 15 is 0 Å². The Morgan fingerprint density at radius 1 is 0.870 bits per heavy atom. The van der Waals surface area contributed by atoms with E-state index in [0.29, 0.717) is 37.9 Å². The number of hydrogen-bond donors (Lipinski definition) is 2. The second-order valence-corrected chi connectivity index (χ2v) is 5.64. The highest BCUT2D eigenvalue weighted by molar-refractivity contribution is 6.36. The molecule has 0 aliphatic rings. The summed E-state index contributed by atoms with van der Waals surface area (Å²) in [4.78, 5) is 12.1. The summed E-state index contributed by atoms with van der Waals surface area (Å²) >= 11 is 17.8. The summed E-state index contributed by atoms with van der Waals surface area (Å²) in [5, 5.41) is 6.44. The average Bonchev–Trinajstić information content (AvgIpc) is 2.51. The molecule has 0 saturated carbocycles. The minimum absolute atomic E-state index is 0.327. The number of ether oxygens (including phenoxy) is 2. The first-order valence-electron chi connectivity index (χ1n) is 6.39. The SMILES string of the molecule is COc1cc(NC(=O)Nc2ccc(Cl)cc2Cl)c(OC)cc1Cl. The minimum atomic E-state index is -0.503. The number of carbonyl (C=O) groups is 1. The van der Waals surface area contributed by atoms with Crippen molar-refractivity contribution in [1.82, 2.24) is 0 Å². The zero-order valence-corrected chi connectivity index (χ0v) is 14.5. The van der Waals surface area contributed by atoms with Crippen LogP contribution in [0, 0.1) is 0 Å². The summed E-state index contributed by atoms with van der Waals surface area (Å²) in [6.45, 7) is 0. The van der Waals surface area contributed by atoms with Crippen LogP contribution in [0.25, 0.3) is 0 Å². The first-order valence-corrected chi connectivity index (χ1v) is 7.52. The van der Waals surface area contributed by atoms with Crippen molar-refractivity contribution >= 4 is 52.2 Å². The van der Waals surface area contributed by atoms with Gasteiger partial charge in [-0.3, -0.25) is 0 Å². The molecule has 0 saturated heterocycles. The summed E-state index contributed by atoms with van der Waals surface area (Å²) < 4.78 is 10.3. The fourth-order valence-electron chi connectivity index (χ4n) is 1.82. The number of urea groups is 1. The molecule has 0 aromatic heterocycles. The summed E-state index contributed by atoms with van der Waals surface area (Å²) in [6.07, 6.45) is 0. The summed E-state index contributed by atoms with van der Waals surface area (Å²) in [6, 6.07) is 7.36. The van der Waals surface area contributed by atoms with Gasteiger partial charge in [-0.2, -0.15) is 0 Å². The number of hydrogen-bond acceptors (Lipinski definition) is 3. The normalized spacial score (nSPS) is 10.1. The molecule has 23 heavy (non-hydrogen) atoms. The molecule has 0 spiro atoms. The molecule has 122 valence electrons. The van der Waals surface area contributed by atoms with E-state index in [-0.39, 0.29) is 0 Å². The quantitative estimate of drug-likeness (QED) is 0.761. The number of carbonyl (C=O) groups excluding carboxylic acids is 1. The van der Waals surface area contributed by atoms with Crippen LogP contribution >= 0.6 is 34.8 Å². The Morgan fingerprint density at radius 2 is 1.52 bits per heavy atom. The van der Waals surface area contributed by atoms with Crippen LogP contribution in [0.15, 0.2) is 30.3 Å². The van der Waals surface area contributed by atoms with Crippen LogP contribution in [0.1, 0.15) is 0 Å². The van der Waals surface area contributed by atoms with Gasteiger partial charge < -0.3 is 20.1 Å². The van der Waals surface area contributed by atoms with Crippen molar-refractivity contribution in [2.24, 2.45) is 0 Å². The predicted octanol–water partition coefficient (Wildman–Crippen LogP) is 5.31. The van der Waals surface area contributed by atoms with Gasteiger partial charge in [-0.25, -0.2) is 4.79 Å². The third kappa shape index (κ3) is 4.34. The Kier molecular flexibility index (Phi) is 5.82. The smallest absolute Gasteiger partial charge is 0.323 e. The fraction of sp³-hybridized carbons (Fsp3) is 0.133. The predicted molar refractivity (Wildman–Crippen MR) is 93.7 cm³/mol. The summed E-state index contributed by atoms with van der Waals surface area (Å²) in [7, 11) is 2.95. The van der Waals surface area contributed by atoms with E-state index in [1.807, 2.05) is 0 Å². The number of nitrogens with one attached hydrogen (secondary N) is 2. The Bertz CT molecular complexity index is 738. The number of methoxy groups -OCH3 is 2. The molecule has 0 atom stereocenters. The number of rotatable bonds is 4. The maximum absolute atomic E-state index is 12.1. The van der Waals surface area contributed by atoms with Gasteiger partial charge in [0, 0.05) is 17.2 Å². The lowest BCUT2D eigenvalue weighted by Crippen LogP contribution is -2.20. The topological polar surface area (TPSA) is 59.6 Å². The highest BCUT2D eigenvalue weighted by Gasteiger charge is 2.13. The lowest BCUT2D eigenvalue weighted by atomic mass is 10.2. The molecular weight excluding hydrogens is 363 g/mol. The van der Waals surface area contributed by atoms with Crippen LogP contribution in [0.2, 0.25) is 15.1 Å². The van der Waals surface area contributed by atoms with Gasteiger partial charge in [0.05, 0.1) is 35.6 Å².